The summed E-state index contributed by atoms with van der Waals surface area (Å²) >= 11 is 5.15. The van der Waals surface area contributed by atoms with Crippen molar-refractivity contribution in [3.63, 3.8) is 0 Å². The third-order valence-corrected chi connectivity index (χ3v) is 3.03. The molecule has 0 spiro atoms. The lowest BCUT2D eigenvalue weighted by Gasteiger charge is -2.08. The second-order valence-corrected chi connectivity index (χ2v) is 4.19. The SMILES string of the molecule is CSc1c(Br)cnn1C(C)C. The summed E-state index contributed by atoms with van der Waals surface area (Å²) in [6, 6.07) is 0.434. The lowest BCUT2D eigenvalue weighted by Crippen LogP contribution is -2.03. The normalized spacial score (nSPS) is 11.0. The topological polar surface area (TPSA) is 17.8 Å². The van der Waals surface area contributed by atoms with Crippen molar-refractivity contribution >= 4 is 27.7 Å². The van der Waals surface area contributed by atoms with Gasteiger partial charge in [-0.2, -0.15) is 5.10 Å². The molecule has 0 aliphatic rings. The minimum atomic E-state index is 0.434. The minimum Gasteiger partial charge on any atom is -0.255 e. The quantitative estimate of drug-likeness (QED) is 0.733. The van der Waals surface area contributed by atoms with Gasteiger partial charge in [0, 0.05) is 6.04 Å². The Morgan fingerprint density at radius 1 is 1.64 bits per heavy atom. The fourth-order valence-corrected chi connectivity index (χ4v) is 2.34. The number of nitrogens with zero attached hydrogens (tertiary/aromatic N) is 2. The highest BCUT2D eigenvalue weighted by Gasteiger charge is 2.08. The van der Waals surface area contributed by atoms with E-state index in [1.165, 1.54) is 5.03 Å². The van der Waals surface area contributed by atoms with Crippen molar-refractivity contribution in [2.75, 3.05) is 6.26 Å². The van der Waals surface area contributed by atoms with Crippen LogP contribution in [0.1, 0.15) is 19.9 Å². The summed E-state index contributed by atoms with van der Waals surface area (Å²) in [5.41, 5.74) is 0. The number of aromatic nitrogens is 2. The van der Waals surface area contributed by atoms with Crippen LogP contribution in [-0.2, 0) is 0 Å². The molecular weight excluding hydrogens is 224 g/mol. The molecule has 1 rings (SSSR count). The molecule has 0 saturated carbocycles. The highest BCUT2D eigenvalue weighted by Crippen LogP contribution is 2.27. The van der Waals surface area contributed by atoms with Gasteiger partial charge in [0.2, 0.25) is 0 Å². The molecule has 1 aromatic heterocycles. The summed E-state index contributed by atoms with van der Waals surface area (Å²) < 4.78 is 3.09. The van der Waals surface area contributed by atoms with Gasteiger partial charge in [-0.1, -0.05) is 0 Å². The van der Waals surface area contributed by atoms with Gasteiger partial charge < -0.3 is 0 Å². The molecule has 2 nitrogen and oxygen atoms in total. The second kappa shape index (κ2) is 3.63. The van der Waals surface area contributed by atoms with Crippen molar-refractivity contribution in [1.29, 1.82) is 0 Å². The zero-order chi connectivity index (χ0) is 8.43. The standard InChI is InChI=1S/C7H11BrN2S/c1-5(2)10-7(11-3)6(8)4-9-10/h4-5H,1-3H3. The van der Waals surface area contributed by atoms with Crippen LogP contribution in [0.4, 0.5) is 0 Å². The summed E-state index contributed by atoms with van der Waals surface area (Å²) in [5.74, 6) is 0. The molecule has 0 bridgehead atoms. The molecule has 0 unspecified atom stereocenters. The van der Waals surface area contributed by atoms with Crippen molar-refractivity contribution in [3.8, 4) is 0 Å². The number of halogens is 1. The van der Waals surface area contributed by atoms with Gasteiger partial charge in [-0.25, -0.2) is 0 Å². The Balaban J connectivity index is 3.05. The van der Waals surface area contributed by atoms with E-state index < -0.39 is 0 Å². The molecule has 11 heavy (non-hydrogen) atoms. The zero-order valence-electron chi connectivity index (χ0n) is 6.84. The van der Waals surface area contributed by atoms with Crippen LogP contribution in [0, 0.1) is 0 Å². The van der Waals surface area contributed by atoms with Crippen LogP contribution in [0.5, 0.6) is 0 Å². The molecule has 0 amide bonds. The summed E-state index contributed by atoms with van der Waals surface area (Å²) in [6.45, 7) is 4.25. The summed E-state index contributed by atoms with van der Waals surface area (Å²) in [7, 11) is 0. The lowest BCUT2D eigenvalue weighted by molar-refractivity contribution is 0.492. The smallest absolute Gasteiger partial charge is 0.108 e. The number of hydrogen-bond donors (Lipinski definition) is 0. The Labute approximate surface area is 79.5 Å². The predicted octanol–water partition coefficient (Wildman–Crippen LogP) is 2.95. The number of thioether (sulfide) groups is 1. The Bertz CT molecular complexity index is 245. The third kappa shape index (κ3) is 1.79. The first-order valence-electron chi connectivity index (χ1n) is 3.43. The van der Waals surface area contributed by atoms with Gasteiger partial charge in [0.25, 0.3) is 0 Å². The maximum Gasteiger partial charge on any atom is 0.108 e. The number of rotatable bonds is 2. The van der Waals surface area contributed by atoms with Gasteiger partial charge in [0.15, 0.2) is 0 Å². The van der Waals surface area contributed by atoms with E-state index in [-0.39, 0.29) is 0 Å². The van der Waals surface area contributed by atoms with Crippen molar-refractivity contribution in [3.05, 3.63) is 10.7 Å². The molecule has 0 aliphatic carbocycles. The first-order valence-corrected chi connectivity index (χ1v) is 5.45. The third-order valence-electron chi connectivity index (χ3n) is 1.39. The maximum atomic E-state index is 4.24. The van der Waals surface area contributed by atoms with Crippen molar-refractivity contribution in [2.45, 2.75) is 24.9 Å². The molecule has 0 radical (unpaired) electrons. The van der Waals surface area contributed by atoms with Gasteiger partial charge in [-0.05, 0) is 36.0 Å². The zero-order valence-corrected chi connectivity index (χ0v) is 9.24. The van der Waals surface area contributed by atoms with Crippen LogP contribution in [-0.4, -0.2) is 16.0 Å². The molecule has 1 heterocycles. The van der Waals surface area contributed by atoms with E-state index in [9.17, 15) is 0 Å². The van der Waals surface area contributed by atoms with E-state index in [1.54, 1.807) is 11.8 Å². The minimum absolute atomic E-state index is 0.434. The molecule has 0 aromatic carbocycles. The molecule has 0 aliphatic heterocycles. The average Bonchev–Trinajstić information content (AvgIpc) is 2.30. The highest BCUT2D eigenvalue weighted by atomic mass is 79.9. The van der Waals surface area contributed by atoms with Crippen LogP contribution in [0.3, 0.4) is 0 Å². The molecule has 1 aromatic rings. The lowest BCUT2D eigenvalue weighted by atomic mass is 10.4. The van der Waals surface area contributed by atoms with E-state index in [0.29, 0.717) is 6.04 Å². The van der Waals surface area contributed by atoms with E-state index in [0.717, 1.165) is 4.47 Å². The van der Waals surface area contributed by atoms with Crippen LogP contribution in [0.15, 0.2) is 15.7 Å². The fourth-order valence-electron chi connectivity index (χ4n) is 0.889. The number of hydrogen-bond acceptors (Lipinski definition) is 2. The maximum absolute atomic E-state index is 4.24. The Hall–Kier alpha value is 0.0400. The molecule has 4 heteroatoms. The highest BCUT2D eigenvalue weighted by molar-refractivity contribution is 9.10. The van der Waals surface area contributed by atoms with Gasteiger partial charge >= 0.3 is 0 Å². The molecule has 0 atom stereocenters. The van der Waals surface area contributed by atoms with Crippen LogP contribution in [0.2, 0.25) is 0 Å². The first-order chi connectivity index (χ1) is 5.16. The van der Waals surface area contributed by atoms with Crippen molar-refractivity contribution < 1.29 is 0 Å². The summed E-state index contributed by atoms with van der Waals surface area (Å²) in [6.07, 6.45) is 3.90. The fraction of sp³-hybridized carbons (Fsp3) is 0.571. The van der Waals surface area contributed by atoms with E-state index in [4.69, 9.17) is 0 Å². The Morgan fingerprint density at radius 3 is 2.64 bits per heavy atom. The Morgan fingerprint density at radius 2 is 2.27 bits per heavy atom. The van der Waals surface area contributed by atoms with Gasteiger partial charge in [0.05, 0.1) is 10.7 Å². The molecule has 0 fully saturated rings. The Kier molecular flexibility index (Phi) is 3.01. The largest absolute Gasteiger partial charge is 0.255 e. The molecule has 62 valence electrons. The predicted molar refractivity (Wildman–Crippen MR) is 52.1 cm³/mol. The van der Waals surface area contributed by atoms with Crippen molar-refractivity contribution in [2.24, 2.45) is 0 Å². The van der Waals surface area contributed by atoms with Crippen LogP contribution >= 0.6 is 27.7 Å². The second-order valence-electron chi connectivity index (χ2n) is 2.54. The van der Waals surface area contributed by atoms with Crippen molar-refractivity contribution in [1.82, 2.24) is 9.78 Å². The van der Waals surface area contributed by atoms with E-state index in [1.807, 2.05) is 10.9 Å². The summed E-state index contributed by atoms with van der Waals surface area (Å²) in [5, 5.41) is 5.43. The molecule has 0 saturated heterocycles. The van der Waals surface area contributed by atoms with Gasteiger partial charge in [0.1, 0.15) is 5.03 Å². The van der Waals surface area contributed by atoms with Gasteiger partial charge in [-0.15, -0.1) is 11.8 Å². The van der Waals surface area contributed by atoms with Crippen LogP contribution in [0.25, 0.3) is 0 Å². The van der Waals surface area contributed by atoms with Gasteiger partial charge in [-0.3, -0.25) is 4.68 Å². The summed E-state index contributed by atoms with van der Waals surface area (Å²) in [4.78, 5) is 0. The monoisotopic (exact) mass is 234 g/mol. The first kappa shape index (κ1) is 9.13. The van der Waals surface area contributed by atoms with E-state index >= 15 is 0 Å². The molecule has 0 N–H and O–H groups in total. The average molecular weight is 235 g/mol. The van der Waals surface area contributed by atoms with Crippen LogP contribution < -0.4 is 0 Å². The molecular formula is C7H11BrN2S. The van der Waals surface area contributed by atoms with E-state index in [2.05, 4.69) is 41.1 Å².